The van der Waals surface area contributed by atoms with Crippen LogP contribution >= 0.6 is 0 Å². The lowest BCUT2D eigenvalue weighted by Gasteiger charge is -2.18. The zero-order chi connectivity index (χ0) is 47.9. The van der Waals surface area contributed by atoms with E-state index in [2.05, 4.69) is 130 Å². The summed E-state index contributed by atoms with van der Waals surface area (Å²) in [5.41, 5.74) is 0. The van der Waals surface area contributed by atoms with Gasteiger partial charge in [0.05, 0.1) is 0 Å². The summed E-state index contributed by atoms with van der Waals surface area (Å²) < 4.78 is 16.8. The number of carbonyl (C=O) groups excluding carboxylic acids is 3. The van der Waals surface area contributed by atoms with Gasteiger partial charge in [-0.2, -0.15) is 0 Å². The van der Waals surface area contributed by atoms with E-state index in [1.165, 1.54) is 64.2 Å². The van der Waals surface area contributed by atoms with Gasteiger partial charge >= 0.3 is 17.9 Å². The molecule has 0 N–H and O–H groups in total. The molecule has 0 saturated heterocycles. The van der Waals surface area contributed by atoms with Crippen LogP contribution in [-0.2, 0) is 28.6 Å². The molecular weight excluding hydrogens is 817 g/mol. The van der Waals surface area contributed by atoms with Crippen LogP contribution < -0.4 is 0 Å². The van der Waals surface area contributed by atoms with Gasteiger partial charge in [0.2, 0.25) is 0 Å². The van der Waals surface area contributed by atoms with E-state index in [0.29, 0.717) is 19.3 Å². The molecule has 0 heterocycles. The Labute approximate surface area is 406 Å². The van der Waals surface area contributed by atoms with Crippen molar-refractivity contribution in [1.82, 2.24) is 0 Å². The molecule has 0 saturated carbocycles. The van der Waals surface area contributed by atoms with Crippen molar-refractivity contribution in [1.29, 1.82) is 0 Å². The molecular formula is C60H98O6. The second-order valence-electron chi connectivity index (χ2n) is 17.4. The molecule has 6 nitrogen and oxygen atoms in total. The molecule has 0 aromatic rings. The summed E-state index contributed by atoms with van der Waals surface area (Å²) in [7, 11) is 0. The minimum absolute atomic E-state index is 0.104. The third-order valence-corrected chi connectivity index (χ3v) is 11.0. The number of carbonyl (C=O) groups is 3. The Kier molecular flexibility index (Phi) is 50.5. The molecule has 0 bridgehead atoms. The van der Waals surface area contributed by atoms with E-state index < -0.39 is 6.10 Å². The lowest BCUT2D eigenvalue weighted by Crippen LogP contribution is -2.30. The molecule has 0 amide bonds. The summed E-state index contributed by atoms with van der Waals surface area (Å²) in [5, 5.41) is 0. The summed E-state index contributed by atoms with van der Waals surface area (Å²) in [5.74, 6) is -0.964. The molecule has 66 heavy (non-hydrogen) atoms. The van der Waals surface area contributed by atoms with Crippen LogP contribution in [0.25, 0.3) is 0 Å². The molecule has 0 aromatic carbocycles. The lowest BCUT2D eigenvalue weighted by molar-refractivity contribution is -0.167. The van der Waals surface area contributed by atoms with Crippen LogP contribution in [0.4, 0.5) is 0 Å². The Balaban J connectivity index is 4.49. The molecule has 0 spiro atoms. The highest BCUT2D eigenvalue weighted by Gasteiger charge is 2.19. The fourth-order valence-electron chi connectivity index (χ4n) is 7.01. The molecule has 6 heteroatoms. The monoisotopic (exact) mass is 915 g/mol. The quantitative estimate of drug-likeness (QED) is 0.0262. The Morgan fingerprint density at radius 3 is 0.955 bits per heavy atom. The van der Waals surface area contributed by atoms with Crippen molar-refractivity contribution in [3.05, 3.63) is 109 Å². The van der Waals surface area contributed by atoms with Crippen LogP contribution in [0.5, 0.6) is 0 Å². The molecule has 0 rings (SSSR count). The molecule has 0 aliphatic rings. The number of rotatable bonds is 47. The van der Waals surface area contributed by atoms with E-state index in [0.717, 1.165) is 128 Å². The summed E-state index contributed by atoms with van der Waals surface area (Å²) in [4.78, 5) is 38.1. The highest BCUT2D eigenvalue weighted by atomic mass is 16.6. The second-order valence-corrected chi connectivity index (χ2v) is 17.4. The maximum atomic E-state index is 12.8. The Bertz CT molecular complexity index is 1370. The third kappa shape index (κ3) is 51.1. The van der Waals surface area contributed by atoms with Crippen LogP contribution in [-0.4, -0.2) is 37.2 Å². The average Bonchev–Trinajstić information content (AvgIpc) is 3.31. The first-order valence-corrected chi connectivity index (χ1v) is 26.9. The fraction of sp³-hybridized carbons (Fsp3) is 0.650. The van der Waals surface area contributed by atoms with Gasteiger partial charge in [-0.25, -0.2) is 0 Å². The molecule has 0 radical (unpaired) electrons. The van der Waals surface area contributed by atoms with Crippen molar-refractivity contribution in [2.24, 2.45) is 0 Å². The Hall–Kier alpha value is -3.93. The van der Waals surface area contributed by atoms with E-state index in [1.54, 1.807) is 0 Å². The van der Waals surface area contributed by atoms with Crippen molar-refractivity contribution >= 4 is 17.9 Å². The van der Waals surface area contributed by atoms with Gasteiger partial charge in [-0.15, -0.1) is 0 Å². The number of ether oxygens (including phenoxy) is 3. The first kappa shape index (κ1) is 62.1. The number of hydrogen-bond donors (Lipinski definition) is 0. The molecule has 0 aliphatic heterocycles. The van der Waals surface area contributed by atoms with Gasteiger partial charge in [0.25, 0.3) is 0 Å². The zero-order valence-electron chi connectivity index (χ0n) is 42.7. The number of hydrogen-bond acceptors (Lipinski definition) is 6. The third-order valence-electron chi connectivity index (χ3n) is 11.0. The average molecular weight is 915 g/mol. The smallest absolute Gasteiger partial charge is 0.306 e. The SMILES string of the molecule is CC/C=C\C/C=C\C/C=C\C/C=C\C/C=C\CCCCCC(=O)OCC(COC(=O)CCCCCC/C=C\C/C=C\C/C=C\CC)OC(=O)CCCCCCCCC/C=C\CCCCCC. The van der Waals surface area contributed by atoms with Gasteiger partial charge in [-0.1, -0.05) is 201 Å². The van der Waals surface area contributed by atoms with Gasteiger partial charge in [0.15, 0.2) is 6.10 Å². The van der Waals surface area contributed by atoms with E-state index in [1.807, 2.05) is 0 Å². The molecule has 0 aliphatic carbocycles. The number of allylic oxidation sites excluding steroid dienone is 18. The van der Waals surface area contributed by atoms with E-state index in [-0.39, 0.29) is 31.1 Å². The van der Waals surface area contributed by atoms with Gasteiger partial charge in [-0.3, -0.25) is 14.4 Å². The van der Waals surface area contributed by atoms with Gasteiger partial charge in [0.1, 0.15) is 13.2 Å². The van der Waals surface area contributed by atoms with Crippen molar-refractivity contribution < 1.29 is 28.6 Å². The maximum Gasteiger partial charge on any atom is 0.306 e. The van der Waals surface area contributed by atoms with Crippen molar-refractivity contribution in [3.8, 4) is 0 Å². The van der Waals surface area contributed by atoms with Crippen LogP contribution in [0.1, 0.15) is 233 Å². The van der Waals surface area contributed by atoms with E-state index in [4.69, 9.17) is 14.2 Å². The highest BCUT2D eigenvalue weighted by Crippen LogP contribution is 2.13. The van der Waals surface area contributed by atoms with Gasteiger partial charge in [-0.05, 0) is 122 Å². The van der Waals surface area contributed by atoms with Crippen LogP contribution in [0.3, 0.4) is 0 Å². The highest BCUT2D eigenvalue weighted by molar-refractivity contribution is 5.71. The topological polar surface area (TPSA) is 78.9 Å². The zero-order valence-corrected chi connectivity index (χ0v) is 42.7. The lowest BCUT2D eigenvalue weighted by atomic mass is 10.1. The standard InChI is InChI=1S/C60H98O6/c1-4-7-10-13-16-19-22-25-28-29-30-31-33-35-38-41-44-47-50-53-59(62)65-56-57(55-64-58(61)52-49-46-43-40-37-34-27-24-21-18-15-12-9-6-3)66-60(63)54-51-48-45-42-39-36-32-26-23-20-17-14-11-8-5-2/h7,9-10,12,16,18-21,23,25,27-28,30-31,34-35,38,57H,4-6,8,11,13-15,17,22,24,26,29,32-33,36-37,39-56H2,1-3H3/b10-7-,12-9-,19-16-,21-18-,23-20-,28-25-,31-30-,34-27-,38-35-. The van der Waals surface area contributed by atoms with Crippen LogP contribution in [0, 0.1) is 0 Å². The van der Waals surface area contributed by atoms with Crippen LogP contribution in [0.2, 0.25) is 0 Å². The van der Waals surface area contributed by atoms with Crippen molar-refractivity contribution in [3.63, 3.8) is 0 Å². The second kappa shape index (κ2) is 53.7. The van der Waals surface area contributed by atoms with E-state index in [9.17, 15) is 14.4 Å². The van der Waals surface area contributed by atoms with Gasteiger partial charge < -0.3 is 14.2 Å². The number of unbranched alkanes of at least 4 members (excludes halogenated alkanes) is 18. The maximum absolute atomic E-state index is 12.8. The van der Waals surface area contributed by atoms with Crippen molar-refractivity contribution in [2.75, 3.05) is 13.2 Å². The Morgan fingerprint density at radius 2 is 0.591 bits per heavy atom. The molecule has 1 unspecified atom stereocenters. The summed E-state index contributed by atoms with van der Waals surface area (Å²) in [6.07, 6.45) is 72.1. The minimum Gasteiger partial charge on any atom is -0.462 e. The molecule has 0 aromatic heterocycles. The van der Waals surface area contributed by atoms with Crippen LogP contribution in [0.15, 0.2) is 109 Å². The molecule has 1 atom stereocenters. The minimum atomic E-state index is -0.805. The molecule has 374 valence electrons. The normalized spacial score (nSPS) is 13.0. The predicted octanol–water partition coefficient (Wildman–Crippen LogP) is 17.9. The van der Waals surface area contributed by atoms with Crippen molar-refractivity contribution in [2.45, 2.75) is 239 Å². The summed E-state index contributed by atoms with van der Waals surface area (Å²) in [6, 6.07) is 0. The van der Waals surface area contributed by atoms with Gasteiger partial charge in [0, 0.05) is 19.3 Å². The first-order valence-electron chi connectivity index (χ1n) is 26.9. The Morgan fingerprint density at radius 1 is 0.318 bits per heavy atom. The number of esters is 3. The first-order chi connectivity index (χ1) is 32.5. The fourth-order valence-corrected chi connectivity index (χ4v) is 7.01. The summed E-state index contributed by atoms with van der Waals surface area (Å²) in [6.45, 7) is 6.34. The van der Waals surface area contributed by atoms with E-state index >= 15 is 0 Å². The molecule has 0 fully saturated rings. The predicted molar refractivity (Wildman–Crippen MR) is 283 cm³/mol. The summed E-state index contributed by atoms with van der Waals surface area (Å²) >= 11 is 0. The largest absolute Gasteiger partial charge is 0.462 e.